The topological polar surface area (TPSA) is 17.1 Å². The first-order valence-corrected chi connectivity index (χ1v) is 5.60. The second-order valence-electron chi connectivity index (χ2n) is 4.61. The smallest absolute Gasteiger partial charge is 0.133 e. The summed E-state index contributed by atoms with van der Waals surface area (Å²) in [4.78, 5) is 11.6. The van der Waals surface area contributed by atoms with Gasteiger partial charge in [0.15, 0.2) is 0 Å². The Morgan fingerprint density at radius 1 is 1.43 bits per heavy atom. The van der Waals surface area contributed by atoms with Gasteiger partial charge in [-0.1, -0.05) is 18.2 Å². The van der Waals surface area contributed by atoms with Crippen molar-refractivity contribution in [2.24, 2.45) is 17.8 Å². The van der Waals surface area contributed by atoms with E-state index < -0.39 is 0 Å². The molecule has 3 atom stereocenters. The first kappa shape index (κ1) is 9.70. The van der Waals surface area contributed by atoms with E-state index in [1.807, 2.05) is 6.08 Å². The average Bonchev–Trinajstić information content (AvgIpc) is 2.76. The monoisotopic (exact) mass is 190 g/mol. The molecule has 1 fully saturated rings. The van der Waals surface area contributed by atoms with E-state index in [0.29, 0.717) is 24.0 Å². The van der Waals surface area contributed by atoms with Gasteiger partial charge < -0.3 is 0 Å². The predicted octanol–water partition coefficient (Wildman–Crippen LogP) is 3.12. The predicted molar refractivity (Wildman–Crippen MR) is 57.9 cm³/mol. The lowest BCUT2D eigenvalue weighted by Gasteiger charge is -2.16. The summed E-state index contributed by atoms with van der Waals surface area (Å²) in [7, 11) is 0. The van der Waals surface area contributed by atoms with E-state index in [0.717, 1.165) is 18.8 Å². The van der Waals surface area contributed by atoms with E-state index in [2.05, 4.69) is 18.7 Å². The molecule has 76 valence electrons. The average molecular weight is 190 g/mol. The molecule has 0 aromatic carbocycles. The molecule has 2 rings (SSSR count). The van der Waals surface area contributed by atoms with Gasteiger partial charge in [-0.3, -0.25) is 4.79 Å². The minimum atomic E-state index is 0.427. The molecule has 14 heavy (non-hydrogen) atoms. The first-order chi connectivity index (χ1) is 6.79. The van der Waals surface area contributed by atoms with Gasteiger partial charge in [-0.15, -0.1) is 6.58 Å². The molecule has 2 aliphatic carbocycles. The van der Waals surface area contributed by atoms with Gasteiger partial charge in [0.1, 0.15) is 5.78 Å². The van der Waals surface area contributed by atoms with Crippen LogP contribution in [0.15, 0.2) is 24.8 Å². The summed E-state index contributed by atoms with van der Waals surface area (Å²) in [5, 5.41) is 0. The Balaban J connectivity index is 1.78. The van der Waals surface area contributed by atoms with Crippen LogP contribution in [0.5, 0.6) is 0 Å². The highest BCUT2D eigenvalue weighted by molar-refractivity contribution is 5.78. The van der Waals surface area contributed by atoms with Gasteiger partial charge in [-0.05, 0) is 37.0 Å². The van der Waals surface area contributed by atoms with Crippen LogP contribution in [-0.4, -0.2) is 5.78 Å². The van der Waals surface area contributed by atoms with Crippen molar-refractivity contribution in [1.29, 1.82) is 0 Å². The largest absolute Gasteiger partial charge is 0.300 e. The SMILES string of the molecule is C=CCCC(=O)CC1CC2C=CC1C2. The second kappa shape index (κ2) is 4.12. The van der Waals surface area contributed by atoms with Gasteiger partial charge in [0.05, 0.1) is 0 Å². The quantitative estimate of drug-likeness (QED) is 0.609. The molecule has 0 aliphatic heterocycles. The third kappa shape index (κ3) is 1.97. The molecule has 0 N–H and O–H groups in total. The standard InChI is InChI=1S/C13H18O/c1-2-3-4-13(14)9-12-8-10-5-6-11(12)7-10/h2,5-6,10-12H,1,3-4,7-9H2. The Bertz CT molecular complexity index is 264. The highest BCUT2D eigenvalue weighted by Gasteiger charge is 2.36. The number of ketones is 1. The van der Waals surface area contributed by atoms with E-state index >= 15 is 0 Å². The number of rotatable bonds is 5. The molecule has 0 aromatic heterocycles. The molecule has 2 bridgehead atoms. The Kier molecular flexibility index (Phi) is 2.85. The Labute approximate surface area is 85.9 Å². The fraction of sp³-hybridized carbons (Fsp3) is 0.615. The van der Waals surface area contributed by atoms with Crippen LogP contribution in [0.1, 0.15) is 32.1 Å². The van der Waals surface area contributed by atoms with Crippen LogP contribution in [0, 0.1) is 17.8 Å². The third-order valence-electron chi connectivity index (χ3n) is 3.53. The maximum Gasteiger partial charge on any atom is 0.133 e. The van der Waals surface area contributed by atoms with Gasteiger partial charge in [0, 0.05) is 12.8 Å². The summed E-state index contributed by atoms with van der Waals surface area (Å²) in [5.74, 6) is 2.59. The molecule has 0 saturated heterocycles. The van der Waals surface area contributed by atoms with E-state index in [1.54, 1.807) is 0 Å². The van der Waals surface area contributed by atoms with E-state index in [1.165, 1.54) is 12.8 Å². The summed E-state index contributed by atoms with van der Waals surface area (Å²) >= 11 is 0. The van der Waals surface area contributed by atoms with E-state index in [4.69, 9.17) is 0 Å². The maximum atomic E-state index is 11.6. The summed E-state index contributed by atoms with van der Waals surface area (Å²) in [6, 6.07) is 0. The van der Waals surface area contributed by atoms with Crippen molar-refractivity contribution in [3.05, 3.63) is 24.8 Å². The Morgan fingerprint density at radius 2 is 2.29 bits per heavy atom. The van der Waals surface area contributed by atoms with Crippen molar-refractivity contribution >= 4 is 5.78 Å². The number of hydrogen-bond acceptors (Lipinski definition) is 1. The van der Waals surface area contributed by atoms with Gasteiger partial charge in [-0.2, -0.15) is 0 Å². The zero-order valence-electron chi connectivity index (χ0n) is 8.61. The molecule has 1 nitrogen and oxygen atoms in total. The number of Topliss-reactive ketones (excluding diaryl/α,β-unsaturated/α-hetero) is 1. The zero-order chi connectivity index (χ0) is 9.97. The molecule has 0 heterocycles. The summed E-state index contributed by atoms with van der Waals surface area (Å²) in [6.07, 6.45) is 11.4. The molecular formula is C13H18O. The van der Waals surface area contributed by atoms with Crippen LogP contribution in [0.25, 0.3) is 0 Å². The number of fused-ring (bicyclic) bond motifs is 2. The summed E-state index contributed by atoms with van der Waals surface area (Å²) in [6.45, 7) is 3.64. The highest BCUT2D eigenvalue weighted by atomic mass is 16.1. The zero-order valence-corrected chi connectivity index (χ0v) is 8.61. The lowest BCUT2D eigenvalue weighted by atomic mass is 9.88. The number of carbonyl (C=O) groups is 1. The molecule has 2 aliphatic rings. The number of hydrogen-bond donors (Lipinski definition) is 0. The Morgan fingerprint density at radius 3 is 2.86 bits per heavy atom. The molecular weight excluding hydrogens is 172 g/mol. The summed E-state index contributed by atoms with van der Waals surface area (Å²) < 4.78 is 0. The molecule has 0 radical (unpaired) electrons. The number of carbonyl (C=O) groups excluding carboxylic acids is 1. The minimum absolute atomic E-state index is 0.427. The normalized spacial score (nSPS) is 33.6. The molecule has 1 heteroatoms. The third-order valence-corrected chi connectivity index (χ3v) is 3.53. The fourth-order valence-corrected chi connectivity index (χ4v) is 2.79. The van der Waals surface area contributed by atoms with Gasteiger partial charge in [0.25, 0.3) is 0 Å². The van der Waals surface area contributed by atoms with Gasteiger partial charge in [0.2, 0.25) is 0 Å². The Hall–Kier alpha value is -0.850. The van der Waals surface area contributed by atoms with E-state index in [-0.39, 0.29) is 0 Å². The molecule has 0 aromatic rings. The van der Waals surface area contributed by atoms with Crippen LogP contribution < -0.4 is 0 Å². The van der Waals surface area contributed by atoms with Crippen molar-refractivity contribution in [1.82, 2.24) is 0 Å². The van der Waals surface area contributed by atoms with Crippen LogP contribution in [0.2, 0.25) is 0 Å². The van der Waals surface area contributed by atoms with Crippen LogP contribution in [0.4, 0.5) is 0 Å². The molecule has 3 unspecified atom stereocenters. The lowest BCUT2D eigenvalue weighted by molar-refractivity contribution is -0.120. The lowest BCUT2D eigenvalue weighted by Crippen LogP contribution is -2.12. The van der Waals surface area contributed by atoms with Crippen molar-refractivity contribution < 1.29 is 4.79 Å². The van der Waals surface area contributed by atoms with Crippen LogP contribution in [0.3, 0.4) is 0 Å². The van der Waals surface area contributed by atoms with Crippen molar-refractivity contribution in [3.63, 3.8) is 0 Å². The van der Waals surface area contributed by atoms with E-state index in [9.17, 15) is 4.79 Å². The highest BCUT2D eigenvalue weighted by Crippen LogP contribution is 2.45. The first-order valence-electron chi connectivity index (χ1n) is 5.60. The second-order valence-corrected chi connectivity index (χ2v) is 4.61. The van der Waals surface area contributed by atoms with Crippen molar-refractivity contribution in [2.45, 2.75) is 32.1 Å². The number of allylic oxidation sites excluding steroid dienone is 3. The molecule has 0 amide bonds. The van der Waals surface area contributed by atoms with Crippen molar-refractivity contribution in [2.75, 3.05) is 0 Å². The van der Waals surface area contributed by atoms with Gasteiger partial charge >= 0.3 is 0 Å². The fourth-order valence-electron chi connectivity index (χ4n) is 2.79. The summed E-state index contributed by atoms with van der Waals surface area (Å²) in [5.41, 5.74) is 0. The van der Waals surface area contributed by atoms with Crippen molar-refractivity contribution in [3.8, 4) is 0 Å². The van der Waals surface area contributed by atoms with Crippen LogP contribution >= 0.6 is 0 Å². The van der Waals surface area contributed by atoms with Gasteiger partial charge in [-0.25, -0.2) is 0 Å². The maximum absolute atomic E-state index is 11.6. The minimum Gasteiger partial charge on any atom is -0.300 e. The molecule has 1 saturated carbocycles. The molecule has 0 spiro atoms. The van der Waals surface area contributed by atoms with Crippen LogP contribution in [-0.2, 0) is 4.79 Å².